The van der Waals surface area contributed by atoms with Gasteiger partial charge in [-0.05, 0) is 42.3 Å². The van der Waals surface area contributed by atoms with Crippen molar-refractivity contribution < 1.29 is 19.1 Å². The van der Waals surface area contributed by atoms with Crippen LogP contribution in [0, 0.1) is 6.92 Å². The van der Waals surface area contributed by atoms with Crippen molar-refractivity contribution in [2.45, 2.75) is 6.92 Å². The Kier molecular flexibility index (Phi) is 4.99. The first-order valence-corrected chi connectivity index (χ1v) is 7.87. The van der Waals surface area contributed by atoms with Gasteiger partial charge in [0.1, 0.15) is 13.2 Å². The van der Waals surface area contributed by atoms with E-state index < -0.39 is 11.8 Å². The molecule has 0 unspecified atom stereocenters. The first-order valence-electron chi connectivity index (χ1n) is 7.87. The van der Waals surface area contributed by atoms with E-state index in [1.165, 1.54) is 6.08 Å². The molecule has 2 aromatic rings. The van der Waals surface area contributed by atoms with Gasteiger partial charge in [0.25, 0.3) is 11.8 Å². The third kappa shape index (κ3) is 4.17. The fourth-order valence-corrected chi connectivity index (χ4v) is 2.36. The lowest BCUT2D eigenvalue weighted by Gasteiger charge is -2.18. The first kappa shape index (κ1) is 16.6. The molecule has 6 heteroatoms. The molecule has 2 N–H and O–H groups in total. The monoisotopic (exact) mass is 338 g/mol. The second-order valence-electron chi connectivity index (χ2n) is 5.49. The molecule has 0 fully saturated rings. The number of ether oxygens (including phenoxy) is 2. The van der Waals surface area contributed by atoms with Gasteiger partial charge in [0.15, 0.2) is 11.5 Å². The molecule has 0 saturated heterocycles. The van der Waals surface area contributed by atoms with Gasteiger partial charge in [0.2, 0.25) is 0 Å². The summed E-state index contributed by atoms with van der Waals surface area (Å²) in [6.45, 7) is 2.89. The van der Waals surface area contributed by atoms with Crippen LogP contribution < -0.4 is 20.3 Å². The van der Waals surface area contributed by atoms with E-state index in [0.717, 1.165) is 11.1 Å². The van der Waals surface area contributed by atoms with Crippen molar-refractivity contribution in [3.8, 4) is 11.5 Å². The number of hydrogen-bond donors (Lipinski definition) is 2. The van der Waals surface area contributed by atoms with Crippen LogP contribution in [0.15, 0.2) is 48.5 Å². The van der Waals surface area contributed by atoms with Crippen LogP contribution in [0.3, 0.4) is 0 Å². The fourth-order valence-electron chi connectivity index (χ4n) is 2.36. The van der Waals surface area contributed by atoms with Crippen LogP contribution in [0.1, 0.15) is 21.5 Å². The molecule has 0 aromatic heterocycles. The number of nitrogens with one attached hydrogen (secondary N) is 2. The minimum atomic E-state index is -0.436. The first-order chi connectivity index (χ1) is 12.1. The number of rotatable bonds is 3. The van der Waals surface area contributed by atoms with Gasteiger partial charge in [-0.25, -0.2) is 0 Å². The van der Waals surface area contributed by atoms with Crippen LogP contribution in [-0.4, -0.2) is 25.0 Å². The zero-order valence-corrected chi connectivity index (χ0v) is 13.7. The lowest BCUT2D eigenvalue weighted by Crippen LogP contribution is -2.40. The highest BCUT2D eigenvalue weighted by atomic mass is 16.6. The van der Waals surface area contributed by atoms with E-state index in [-0.39, 0.29) is 0 Å². The number of hydrogen-bond acceptors (Lipinski definition) is 4. The Labute approximate surface area is 145 Å². The largest absolute Gasteiger partial charge is 0.486 e. The van der Waals surface area contributed by atoms with Crippen molar-refractivity contribution in [1.82, 2.24) is 10.9 Å². The highest BCUT2D eigenvalue weighted by Gasteiger charge is 2.15. The summed E-state index contributed by atoms with van der Waals surface area (Å²) < 4.78 is 10.8. The van der Waals surface area contributed by atoms with E-state index in [1.54, 1.807) is 24.3 Å². The van der Waals surface area contributed by atoms with Crippen LogP contribution in [0.4, 0.5) is 0 Å². The van der Waals surface area contributed by atoms with Gasteiger partial charge in [-0.2, -0.15) is 0 Å². The van der Waals surface area contributed by atoms with Crippen molar-refractivity contribution in [2.24, 2.45) is 0 Å². The third-order valence-corrected chi connectivity index (χ3v) is 3.71. The fraction of sp³-hybridized carbons (Fsp3) is 0.158. The van der Waals surface area contributed by atoms with Crippen LogP contribution in [0.5, 0.6) is 11.5 Å². The zero-order chi connectivity index (χ0) is 17.6. The lowest BCUT2D eigenvalue weighted by atomic mass is 10.1. The summed E-state index contributed by atoms with van der Waals surface area (Å²) in [5.74, 6) is 0.265. The molecule has 128 valence electrons. The molecule has 0 radical (unpaired) electrons. The van der Waals surface area contributed by atoms with Crippen LogP contribution in [0.25, 0.3) is 6.08 Å². The molecule has 25 heavy (non-hydrogen) atoms. The van der Waals surface area contributed by atoms with Crippen molar-refractivity contribution in [1.29, 1.82) is 0 Å². The molecule has 1 heterocycles. The minimum Gasteiger partial charge on any atom is -0.486 e. The number of carbonyl (C=O) groups excluding carboxylic acids is 2. The van der Waals surface area contributed by atoms with Crippen molar-refractivity contribution in [3.05, 3.63) is 65.2 Å². The molecule has 2 aromatic carbocycles. The number of fused-ring (bicyclic) bond motifs is 1. The average Bonchev–Trinajstić information content (AvgIpc) is 2.65. The number of aryl methyl sites for hydroxylation is 1. The zero-order valence-electron chi connectivity index (χ0n) is 13.7. The summed E-state index contributed by atoms with van der Waals surface area (Å²) in [4.78, 5) is 24.0. The maximum atomic E-state index is 12.1. The summed E-state index contributed by atoms with van der Waals surface area (Å²) in [5.41, 5.74) is 7.09. The highest BCUT2D eigenvalue weighted by Crippen LogP contribution is 2.30. The van der Waals surface area contributed by atoms with Crippen LogP contribution >= 0.6 is 0 Å². The number of hydrazine groups is 1. The van der Waals surface area contributed by atoms with Crippen LogP contribution in [-0.2, 0) is 4.79 Å². The molecule has 3 rings (SSSR count). The molecular formula is C19H18N2O4. The molecule has 0 aliphatic carbocycles. The van der Waals surface area contributed by atoms with Gasteiger partial charge in [-0.15, -0.1) is 0 Å². The summed E-state index contributed by atoms with van der Waals surface area (Å²) in [6, 6.07) is 12.6. The van der Waals surface area contributed by atoms with E-state index in [0.29, 0.717) is 30.3 Å². The Morgan fingerprint density at radius 2 is 1.76 bits per heavy atom. The molecule has 0 atom stereocenters. The van der Waals surface area contributed by atoms with Gasteiger partial charge in [-0.3, -0.25) is 20.4 Å². The predicted octanol–water partition coefficient (Wildman–Crippen LogP) is 2.24. The maximum Gasteiger partial charge on any atom is 0.269 e. The Morgan fingerprint density at radius 3 is 2.56 bits per heavy atom. The topological polar surface area (TPSA) is 76.7 Å². The summed E-state index contributed by atoms with van der Waals surface area (Å²) in [5, 5.41) is 0. The second kappa shape index (κ2) is 7.53. The second-order valence-corrected chi connectivity index (χ2v) is 5.49. The van der Waals surface area contributed by atoms with E-state index in [1.807, 2.05) is 31.2 Å². The van der Waals surface area contributed by atoms with E-state index >= 15 is 0 Å². The molecule has 0 saturated carbocycles. The quantitative estimate of drug-likeness (QED) is 0.665. The molecule has 0 bridgehead atoms. The number of amides is 2. The standard InChI is InChI=1S/C19H18N2O4/c1-13-4-2-3-5-14(13)7-9-18(22)20-21-19(23)15-6-8-16-17(12-15)25-11-10-24-16/h2-9,12H,10-11H2,1H3,(H,20,22)(H,21,23)/b9-7+. The van der Waals surface area contributed by atoms with Gasteiger partial charge in [-0.1, -0.05) is 24.3 Å². The average molecular weight is 338 g/mol. The summed E-state index contributed by atoms with van der Waals surface area (Å²) in [7, 11) is 0. The molecule has 6 nitrogen and oxygen atoms in total. The molecular weight excluding hydrogens is 320 g/mol. The Bertz CT molecular complexity index is 830. The molecule has 1 aliphatic rings. The van der Waals surface area contributed by atoms with E-state index in [9.17, 15) is 9.59 Å². The van der Waals surface area contributed by atoms with Gasteiger partial charge in [0, 0.05) is 11.6 Å². The summed E-state index contributed by atoms with van der Waals surface area (Å²) in [6.07, 6.45) is 3.06. The highest BCUT2D eigenvalue weighted by molar-refractivity contribution is 5.98. The van der Waals surface area contributed by atoms with E-state index in [4.69, 9.17) is 9.47 Å². The van der Waals surface area contributed by atoms with E-state index in [2.05, 4.69) is 10.9 Å². The predicted molar refractivity (Wildman–Crippen MR) is 93.3 cm³/mol. The van der Waals surface area contributed by atoms with Crippen molar-refractivity contribution >= 4 is 17.9 Å². The SMILES string of the molecule is Cc1ccccc1/C=C/C(=O)NNC(=O)c1ccc2c(c1)OCCO2. The van der Waals surface area contributed by atoms with Crippen LogP contribution in [0.2, 0.25) is 0 Å². The lowest BCUT2D eigenvalue weighted by molar-refractivity contribution is -0.117. The van der Waals surface area contributed by atoms with Crippen molar-refractivity contribution in [3.63, 3.8) is 0 Å². The minimum absolute atomic E-state index is 0.368. The van der Waals surface area contributed by atoms with Gasteiger partial charge < -0.3 is 9.47 Å². The van der Waals surface area contributed by atoms with Gasteiger partial charge >= 0.3 is 0 Å². The Morgan fingerprint density at radius 1 is 1.00 bits per heavy atom. The van der Waals surface area contributed by atoms with Crippen molar-refractivity contribution in [2.75, 3.05) is 13.2 Å². The Hall–Kier alpha value is -3.28. The third-order valence-electron chi connectivity index (χ3n) is 3.71. The molecule has 1 aliphatic heterocycles. The summed E-state index contributed by atoms with van der Waals surface area (Å²) >= 11 is 0. The van der Waals surface area contributed by atoms with Gasteiger partial charge in [0.05, 0.1) is 0 Å². The maximum absolute atomic E-state index is 12.1. The smallest absolute Gasteiger partial charge is 0.269 e. The molecule has 0 spiro atoms. The Balaban J connectivity index is 1.57. The molecule has 2 amide bonds. The number of benzene rings is 2. The normalized spacial score (nSPS) is 12.7. The number of carbonyl (C=O) groups is 2.